The molecule has 1 aliphatic rings. The van der Waals surface area contributed by atoms with Crippen LogP contribution in [0.2, 0.25) is 0 Å². The van der Waals surface area contributed by atoms with E-state index in [0.29, 0.717) is 27.3 Å². The maximum atomic E-state index is 12.1. The van der Waals surface area contributed by atoms with Crippen molar-refractivity contribution in [2.45, 2.75) is 6.92 Å². The van der Waals surface area contributed by atoms with Gasteiger partial charge in [0.1, 0.15) is 0 Å². The second-order valence-corrected chi connectivity index (χ2v) is 14.2. The number of hydrogen-bond acceptors (Lipinski definition) is 7. The van der Waals surface area contributed by atoms with Gasteiger partial charge >= 0.3 is 207 Å². The van der Waals surface area contributed by atoms with Crippen LogP contribution in [0.4, 0.5) is 17.1 Å². The molecule has 8 heteroatoms. The van der Waals surface area contributed by atoms with Gasteiger partial charge in [-0.15, -0.1) is 0 Å². The van der Waals surface area contributed by atoms with Crippen molar-refractivity contribution >= 4 is 35.2 Å². The van der Waals surface area contributed by atoms with Crippen LogP contribution >= 0.6 is 0 Å². The first kappa shape index (κ1) is 23.0. The SMILES string of the molecule is Cc1ccccc1O[As]1(O)(c2ccc(N=Nc3ccc(N(C)C)cc3)cc2)Oc2ccccc2O1. The normalized spacial score (nSPS) is 16.4. The third kappa shape index (κ3) is 4.48. The zero-order valence-electron chi connectivity index (χ0n) is 19.7. The van der Waals surface area contributed by atoms with Crippen molar-refractivity contribution in [1.82, 2.24) is 0 Å². The number of anilines is 1. The predicted octanol–water partition coefficient (Wildman–Crippen LogP) is 5.62. The molecule has 1 aliphatic heterocycles. The van der Waals surface area contributed by atoms with Gasteiger partial charge in [0, 0.05) is 0 Å². The molecule has 0 aliphatic carbocycles. The predicted molar refractivity (Wildman–Crippen MR) is 138 cm³/mol. The van der Waals surface area contributed by atoms with Crippen molar-refractivity contribution in [1.29, 1.82) is 0 Å². The number of azo groups is 1. The third-order valence-corrected chi connectivity index (χ3v) is 11.4. The van der Waals surface area contributed by atoms with Crippen LogP contribution in [-0.4, -0.2) is 32.0 Å². The van der Waals surface area contributed by atoms with E-state index in [1.54, 1.807) is 42.5 Å². The van der Waals surface area contributed by atoms with Gasteiger partial charge in [0.25, 0.3) is 0 Å². The molecule has 7 nitrogen and oxygen atoms in total. The summed E-state index contributed by atoms with van der Waals surface area (Å²) in [5, 5.41) is 8.64. The summed E-state index contributed by atoms with van der Waals surface area (Å²) in [5.41, 5.74) is 3.31. The molecule has 0 amide bonds. The minimum absolute atomic E-state index is 0.428. The fourth-order valence-electron chi connectivity index (χ4n) is 3.70. The Morgan fingerprint density at radius 3 is 1.77 bits per heavy atom. The van der Waals surface area contributed by atoms with Crippen LogP contribution in [0.1, 0.15) is 5.56 Å². The van der Waals surface area contributed by atoms with Crippen LogP contribution in [0.3, 0.4) is 0 Å². The number of rotatable bonds is 6. The van der Waals surface area contributed by atoms with Gasteiger partial charge in [0.2, 0.25) is 0 Å². The van der Waals surface area contributed by atoms with E-state index < -0.39 is 13.8 Å². The van der Waals surface area contributed by atoms with E-state index in [0.717, 1.165) is 16.9 Å². The molecule has 0 saturated heterocycles. The molecule has 0 saturated carbocycles. The Morgan fingerprint density at radius 1 is 0.714 bits per heavy atom. The van der Waals surface area contributed by atoms with Crippen LogP contribution < -0.4 is 20.4 Å². The van der Waals surface area contributed by atoms with Crippen molar-refractivity contribution in [2.75, 3.05) is 19.0 Å². The monoisotopic (exact) mass is 531 g/mol. The van der Waals surface area contributed by atoms with E-state index in [-0.39, 0.29) is 0 Å². The third-order valence-electron chi connectivity index (χ3n) is 5.65. The van der Waals surface area contributed by atoms with Crippen molar-refractivity contribution in [3.8, 4) is 17.2 Å². The van der Waals surface area contributed by atoms with Gasteiger partial charge in [-0.25, -0.2) is 0 Å². The molecule has 0 spiro atoms. The minimum atomic E-state index is -5.49. The number of fused-ring (bicyclic) bond motifs is 1. The topological polar surface area (TPSA) is 75.9 Å². The van der Waals surface area contributed by atoms with Crippen LogP contribution in [0.15, 0.2) is 107 Å². The molecule has 0 bridgehead atoms. The van der Waals surface area contributed by atoms with Crippen LogP contribution in [0, 0.1) is 6.92 Å². The van der Waals surface area contributed by atoms with E-state index in [1.807, 2.05) is 80.5 Å². The average molecular weight is 531 g/mol. The first-order chi connectivity index (χ1) is 16.8. The molecule has 178 valence electrons. The molecule has 0 unspecified atom stereocenters. The first-order valence-electron chi connectivity index (χ1n) is 11.1. The Kier molecular flexibility index (Phi) is 5.75. The van der Waals surface area contributed by atoms with Gasteiger partial charge in [-0.1, -0.05) is 0 Å². The van der Waals surface area contributed by atoms with E-state index >= 15 is 0 Å². The molecule has 0 atom stereocenters. The molecule has 4 aromatic rings. The molecule has 1 heterocycles. The van der Waals surface area contributed by atoms with Crippen molar-refractivity contribution in [2.24, 2.45) is 10.2 Å². The van der Waals surface area contributed by atoms with E-state index in [4.69, 9.17) is 11.2 Å². The Morgan fingerprint density at radius 2 is 1.23 bits per heavy atom. The molecule has 35 heavy (non-hydrogen) atoms. The Balaban J connectivity index is 1.47. The molecule has 4 aromatic carbocycles. The first-order valence-corrected chi connectivity index (χ1v) is 15.2. The fourth-order valence-corrected chi connectivity index (χ4v) is 9.20. The van der Waals surface area contributed by atoms with Crippen molar-refractivity contribution < 1.29 is 15.3 Å². The molecule has 1 N–H and O–H groups in total. The summed E-state index contributed by atoms with van der Waals surface area (Å²) in [4.78, 5) is 2.02. The summed E-state index contributed by atoms with van der Waals surface area (Å²) < 4.78 is 31.2. The molecule has 0 aromatic heterocycles. The average Bonchev–Trinajstić information content (AvgIpc) is 3.18. The van der Waals surface area contributed by atoms with E-state index in [2.05, 4.69) is 10.2 Å². The van der Waals surface area contributed by atoms with Gasteiger partial charge in [0.15, 0.2) is 0 Å². The van der Waals surface area contributed by atoms with Crippen LogP contribution in [-0.2, 0) is 0 Å². The van der Waals surface area contributed by atoms with E-state index in [1.165, 1.54) is 0 Å². The number of aryl methyl sites for hydroxylation is 1. The number of para-hydroxylation sites is 3. The molecule has 0 fully saturated rings. The Labute approximate surface area is 206 Å². The second-order valence-electron chi connectivity index (χ2n) is 8.46. The Hall–Kier alpha value is -3.80. The quantitative estimate of drug-likeness (QED) is 0.258. The molecule has 0 radical (unpaired) electrons. The maximum absolute atomic E-state index is 12.1. The number of benzene rings is 4. The van der Waals surface area contributed by atoms with Gasteiger partial charge < -0.3 is 0 Å². The van der Waals surface area contributed by atoms with E-state index in [9.17, 15) is 4.10 Å². The number of hydrogen-bond donors (Lipinski definition) is 1. The molecule has 5 rings (SSSR count). The zero-order chi connectivity index (χ0) is 24.5. The summed E-state index contributed by atoms with van der Waals surface area (Å²) in [5.74, 6) is 1.39. The summed E-state index contributed by atoms with van der Waals surface area (Å²) in [6, 6.07) is 29.4. The van der Waals surface area contributed by atoms with Crippen molar-refractivity contribution in [3.63, 3.8) is 0 Å². The zero-order valence-corrected chi connectivity index (χ0v) is 21.6. The second kappa shape index (κ2) is 8.76. The van der Waals surface area contributed by atoms with Crippen molar-refractivity contribution in [3.05, 3.63) is 103 Å². The van der Waals surface area contributed by atoms with Crippen LogP contribution in [0.25, 0.3) is 0 Å². The standard InChI is InChI=1S/C27H26AsN3O4/c1-20-8-4-5-9-25(20)33-28(32,34-26-10-6-7-11-27(26)35-28)21-12-14-22(15-13-21)29-30-23-16-18-24(19-17-23)31(2)3/h4-19,32H,1-3H3. The summed E-state index contributed by atoms with van der Waals surface area (Å²) in [7, 11) is 3.98. The molecular weight excluding hydrogens is 505 g/mol. The van der Waals surface area contributed by atoms with Gasteiger partial charge in [0.05, 0.1) is 0 Å². The summed E-state index contributed by atoms with van der Waals surface area (Å²) in [6.07, 6.45) is 0. The van der Waals surface area contributed by atoms with Crippen LogP contribution in [0.5, 0.6) is 17.2 Å². The number of nitrogens with zero attached hydrogens (tertiary/aromatic N) is 3. The molecular formula is C27H26AsN3O4. The van der Waals surface area contributed by atoms with Gasteiger partial charge in [-0.2, -0.15) is 0 Å². The van der Waals surface area contributed by atoms with Gasteiger partial charge in [-0.05, 0) is 0 Å². The Bertz CT molecular complexity index is 1360. The summed E-state index contributed by atoms with van der Waals surface area (Å²) in [6.45, 7) is 1.91. The van der Waals surface area contributed by atoms with Gasteiger partial charge in [-0.3, -0.25) is 0 Å². The summed E-state index contributed by atoms with van der Waals surface area (Å²) >= 11 is -5.49. The fraction of sp³-hybridized carbons (Fsp3) is 0.111.